The number of nitrogens with one attached hydrogen (secondary N) is 1. The molecule has 0 amide bonds. The van der Waals surface area contributed by atoms with Gasteiger partial charge in [-0.05, 0) is 50.3 Å². The molecule has 2 atom stereocenters. The van der Waals surface area contributed by atoms with Crippen LogP contribution in [-0.2, 0) is 0 Å². The first-order valence-corrected chi connectivity index (χ1v) is 9.41. The lowest BCUT2D eigenvalue weighted by Crippen LogP contribution is -2.43. The number of ether oxygens (including phenoxy) is 1. The number of likely N-dealkylation sites (tertiary alicyclic amines) is 1. The van der Waals surface area contributed by atoms with Crippen LogP contribution in [0.4, 0.5) is 0 Å². The summed E-state index contributed by atoms with van der Waals surface area (Å²) in [5, 5.41) is 3.53. The number of methoxy groups -OCH3 is 1. The number of halogens is 1. The maximum atomic E-state index is 5.60. The van der Waals surface area contributed by atoms with E-state index in [9.17, 15) is 0 Å². The molecule has 1 aromatic heterocycles. The summed E-state index contributed by atoms with van der Waals surface area (Å²) in [6.45, 7) is 2.72. The lowest BCUT2D eigenvalue weighted by atomic mass is 9.98. The highest BCUT2D eigenvalue weighted by atomic mass is 127. The van der Waals surface area contributed by atoms with Crippen LogP contribution in [0.5, 0.6) is 5.75 Å². The van der Waals surface area contributed by atoms with Gasteiger partial charge in [0.2, 0.25) is 0 Å². The first-order chi connectivity index (χ1) is 13.1. The average Bonchev–Trinajstić information content (AvgIpc) is 3.37. The Bertz CT molecular complexity index is 731. The summed E-state index contributed by atoms with van der Waals surface area (Å²) in [5.74, 6) is 3.33. The van der Waals surface area contributed by atoms with Gasteiger partial charge in [0.15, 0.2) is 5.96 Å². The molecule has 2 unspecified atom stereocenters. The van der Waals surface area contributed by atoms with Crippen LogP contribution < -0.4 is 10.1 Å². The summed E-state index contributed by atoms with van der Waals surface area (Å²) in [6, 6.07) is 12.5. The zero-order valence-electron chi connectivity index (χ0n) is 17.1. The molecule has 1 N–H and O–H groups in total. The fourth-order valence-corrected chi connectivity index (χ4v) is 3.64. The second-order valence-electron chi connectivity index (χ2n) is 7.13. The molecular weight excluding hydrogens is 467 g/mol. The minimum absolute atomic E-state index is 0. The number of rotatable bonds is 6. The molecule has 6 nitrogen and oxygen atoms in total. The van der Waals surface area contributed by atoms with Crippen LogP contribution in [0.25, 0.3) is 0 Å². The molecule has 0 saturated carbocycles. The van der Waals surface area contributed by atoms with Crippen molar-refractivity contribution in [1.82, 2.24) is 15.1 Å². The van der Waals surface area contributed by atoms with E-state index in [4.69, 9.17) is 9.15 Å². The van der Waals surface area contributed by atoms with Crippen molar-refractivity contribution in [3.8, 4) is 5.75 Å². The van der Waals surface area contributed by atoms with E-state index in [1.165, 1.54) is 5.56 Å². The van der Waals surface area contributed by atoms with Crippen molar-refractivity contribution in [3.05, 3.63) is 54.0 Å². The summed E-state index contributed by atoms with van der Waals surface area (Å²) in [6.07, 6.45) is 2.85. The van der Waals surface area contributed by atoms with E-state index in [0.29, 0.717) is 5.92 Å². The molecule has 7 heteroatoms. The van der Waals surface area contributed by atoms with Gasteiger partial charge >= 0.3 is 0 Å². The predicted molar refractivity (Wildman–Crippen MR) is 124 cm³/mol. The smallest absolute Gasteiger partial charge is 0.193 e. The topological polar surface area (TPSA) is 53.2 Å². The molecule has 0 aliphatic carbocycles. The van der Waals surface area contributed by atoms with E-state index in [1.807, 2.05) is 31.3 Å². The Morgan fingerprint density at radius 3 is 2.64 bits per heavy atom. The Balaban J connectivity index is 0.00000280. The Labute approximate surface area is 185 Å². The highest BCUT2D eigenvalue weighted by Crippen LogP contribution is 2.28. The monoisotopic (exact) mass is 498 g/mol. The van der Waals surface area contributed by atoms with Gasteiger partial charge in [-0.15, -0.1) is 24.0 Å². The zero-order valence-corrected chi connectivity index (χ0v) is 19.4. The van der Waals surface area contributed by atoms with Crippen molar-refractivity contribution in [2.24, 2.45) is 4.99 Å². The summed E-state index contributed by atoms with van der Waals surface area (Å²) in [4.78, 5) is 8.99. The van der Waals surface area contributed by atoms with Gasteiger partial charge in [0.25, 0.3) is 0 Å². The molecule has 0 spiro atoms. The summed E-state index contributed by atoms with van der Waals surface area (Å²) in [5.41, 5.74) is 1.36. The number of nitrogens with zero attached hydrogens (tertiary/aromatic N) is 3. The highest BCUT2D eigenvalue weighted by molar-refractivity contribution is 14.0. The number of furan rings is 1. The average molecular weight is 498 g/mol. The number of benzene rings is 1. The van der Waals surface area contributed by atoms with Crippen LogP contribution in [0, 0.1) is 0 Å². The normalized spacial score (nSPS) is 18.1. The fourth-order valence-electron chi connectivity index (χ4n) is 3.64. The van der Waals surface area contributed by atoms with Gasteiger partial charge in [-0.3, -0.25) is 9.89 Å². The van der Waals surface area contributed by atoms with E-state index in [1.54, 1.807) is 13.4 Å². The fraction of sp³-hybridized carbons (Fsp3) is 0.476. The summed E-state index contributed by atoms with van der Waals surface area (Å²) < 4.78 is 10.9. The summed E-state index contributed by atoms with van der Waals surface area (Å²) in [7, 11) is 7.67. The van der Waals surface area contributed by atoms with Crippen molar-refractivity contribution in [2.75, 3.05) is 47.9 Å². The van der Waals surface area contributed by atoms with Crippen LogP contribution in [0.1, 0.15) is 29.7 Å². The molecule has 1 saturated heterocycles. The zero-order chi connectivity index (χ0) is 19.2. The Kier molecular flexibility index (Phi) is 8.62. The quantitative estimate of drug-likeness (QED) is 0.375. The second kappa shape index (κ2) is 10.7. The third-order valence-electron chi connectivity index (χ3n) is 5.24. The van der Waals surface area contributed by atoms with Crippen LogP contribution >= 0.6 is 24.0 Å². The van der Waals surface area contributed by atoms with E-state index in [2.05, 4.69) is 46.3 Å². The molecule has 1 aliphatic heterocycles. The first-order valence-electron chi connectivity index (χ1n) is 9.41. The predicted octanol–water partition coefficient (Wildman–Crippen LogP) is 3.57. The number of aliphatic imine (C=N–C) groups is 1. The first kappa shape index (κ1) is 22.5. The summed E-state index contributed by atoms with van der Waals surface area (Å²) >= 11 is 0. The van der Waals surface area contributed by atoms with E-state index < -0.39 is 0 Å². The number of guanidine groups is 1. The van der Waals surface area contributed by atoms with Crippen molar-refractivity contribution in [3.63, 3.8) is 0 Å². The van der Waals surface area contributed by atoms with E-state index in [0.717, 1.165) is 43.5 Å². The Morgan fingerprint density at radius 2 is 2.07 bits per heavy atom. The van der Waals surface area contributed by atoms with Gasteiger partial charge in [0.05, 0.1) is 19.4 Å². The van der Waals surface area contributed by atoms with E-state index in [-0.39, 0.29) is 30.0 Å². The van der Waals surface area contributed by atoms with Crippen LogP contribution in [-0.4, -0.2) is 63.6 Å². The van der Waals surface area contributed by atoms with Crippen molar-refractivity contribution < 1.29 is 9.15 Å². The van der Waals surface area contributed by atoms with Crippen molar-refractivity contribution in [2.45, 2.75) is 18.4 Å². The minimum Gasteiger partial charge on any atom is -0.497 e. The lowest BCUT2D eigenvalue weighted by Gasteiger charge is -2.27. The molecular formula is C21H31IN4O2. The molecule has 154 valence electrons. The third kappa shape index (κ3) is 5.41. The maximum Gasteiger partial charge on any atom is 0.193 e. The minimum atomic E-state index is 0. The maximum absolute atomic E-state index is 5.60. The van der Waals surface area contributed by atoms with Crippen molar-refractivity contribution in [1.29, 1.82) is 0 Å². The molecule has 1 fully saturated rings. The van der Waals surface area contributed by atoms with Gasteiger partial charge < -0.3 is 19.4 Å². The number of likely N-dealkylation sites (N-methyl/N-ethyl adjacent to an activating group) is 1. The molecule has 0 radical (unpaired) electrons. The third-order valence-corrected chi connectivity index (χ3v) is 5.24. The second-order valence-corrected chi connectivity index (χ2v) is 7.13. The van der Waals surface area contributed by atoms with Gasteiger partial charge in [-0.25, -0.2) is 0 Å². The SMILES string of the molecule is CN=C(NCC(c1ccco1)N(C)C)N1CCC(c2ccc(OC)cc2)C1.I. The van der Waals surface area contributed by atoms with Crippen LogP contribution in [0.3, 0.4) is 0 Å². The molecule has 2 heterocycles. The lowest BCUT2D eigenvalue weighted by molar-refractivity contribution is 0.256. The van der Waals surface area contributed by atoms with Gasteiger partial charge in [-0.1, -0.05) is 12.1 Å². The molecule has 28 heavy (non-hydrogen) atoms. The van der Waals surface area contributed by atoms with Crippen LogP contribution in [0.2, 0.25) is 0 Å². The molecule has 1 aliphatic rings. The van der Waals surface area contributed by atoms with Gasteiger partial charge in [-0.2, -0.15) is 0 Å². The standard InChI is InChI=1S/C21H30N4O2.HI/c1-22-21(23-14-19(24(2)3)20-6-5-13-27-20)25-12-11-17(15-25)16-7-9-18(26-4)10-8-16;/h5-10,13,17,19H,11-12,14-15H2,1-4H3,(H,22,23);1H. The van der Waals surface area contributed by atoms with Gasteiger partial charge in [0.1, 0.15) is 11.5 Å². The number of hydrogen-bond donors (Lipinski definition) is 1. The Hall–Kier alpha value is -1.74. The van der Waals surface area contributed by atoms with Crippen molar-refractivity contribution >= 4 is 29.9 Å². The van der Waals surface area contributed by atoms with Crippen LogP contribution in [0.15, 0.2) is 52.1 Å². The molecule has 0 bridgehead atoms. The molecule has 1 aromatic carbocycles. The highest BCUT2D eigenvalue weighted by Gasteiger charge is 2.27. The Morgan fingerprint density at radius 1 is 1.32 bits per heavy atom. The molecule has 2 aromatic rings. The molecule has 3 rings (SSSR count). The van der Waals surface area contributed by atoms with E-state index >= 15 is 0 Å². The van der Waals surface area contributed by atoms with Gasteiger partial charge in [0, 0.05) is 32.6 Å². The number of hydrogen-bond acceptors (Lipinski definition) is 4. The largest absolute Gasteiger partial charge is 0.497 e.